The molecular weight excluding hydrogens is 326 g/mol. The summed E-state index contributed by atoms with van der Waals surface area (Å²) in [4.78, 5) is 15.9. The van der Waals surface area contributed by atoms with Crippen molar-refractivity contribution in [3.8, 4) is 0 Å². The van der Waals surface area contributed by atoms with Gasteiger partial charge in [-0.1, -0.05) is 41.7 Å². The third-order valence-electron chi connectivity index (χ3n) is 2.63. The van der Waals surface area contributed by atoms with Crippen LogP contribution >= 0.6 is 27.3 Å². The van der Waals surface area contributed by atoms with Crippen LogP contribution < -0.4 is 11.1 Å². The molecule has 3 N–H and O–H groups in total. The van der Waals surface area contributed by atoms with E-state index in [1.54, 1.807) is 6.20 Å². The van der Waals surface area contributed by atoms with E-state index in [1.165, 1.54) is 16.9 Å². The van der Waals surface area contributed by atoms with Crippen molar-refractivity contribution in [1.29, 1.82) is 0 Å². The van der Waals surface area contributed by atoms with Crippen molar-refractivity contribution in [3.63, 3.8) is 0 Å². The molecule has 0 fully saturated rings. The van der Waals surface area contributed by atoms with Gasteiger partial charge in [0.2, 0.25) is 5.91 Å². The molecule has 4 nitrogen and oxygen atoms in total. The molecule has 1 unspecified atom stereocenters. The lowest BCUT2D eigenvalue weighted by atomic mass is 10.1. The first-order valence-corrected chi connectivity index (χ1v) is 7.48. The molecule has 0 spiro atoms. The van der Waals surface area contributed by atoms with Crippen molar-refractivity contribution < 1.29 is 4.79 Å². The van der Waals surface area contributed by atoms with Gasteiger partial charge < -0.3 is 11.1 Å². The van der Waals surface area contributed by atoms with E-state index in [0.717, 1.165) is 10.2 Å². The highest BCUT2D eigenvalue weighted by atomic mass is 79.9. The van der Waals surface area contributed by atoms with E-state index >= 15 is 0 Å². The third kappa shape index (κ3) is 4.41. The van der Waals surface area contributed by atoms with Crippen molar-refractivity contribution in [1.82, 2.24) is 4.98 Å². The van der Waals surface area contributed by atoms with E-state index in [2.05, 4.69) is 26.2 Å². The first-order chi connectivity index (χ1) is 9.15. The van der Waals surface area contributed by atoms with Gasteiger partial charge >= 0.3 is 0 Å². The summed E-state index contributed by atoms with van der Waals surface area (Å²) in [6.45, 7) is 0. The average Bonchev–Trinajstić information content (AvgIpc) is 2.82. The summed E-state index contributed by atoms with van der Waals surface area (Å²) in [5, 5.41) is 3.27. The van der Waals surface area contributed by atoms with Crippen molar-refractivity contribution in [3.05, 3.63) is 45.9 Å². The maximum absolute atomic E-state index is 11.9. The highest BCUT2D eigenvalue weighted by Crippen LogP contribution is 2.23. The second-order valence-electron chi connectivity index (χ2n) is 4.09. The van der Waals surface area contributed by atoms with E-state index in [0.29, 0.717) is 11.6 Å². The van der Waals surface area contributed by atoms with Gasteiger partial charge in [0.05, 0.1) is 16.0 Å². The lowest BCUT2D eigenvalue weighted by Crippen LogP contribution is -2.35. The number of rotatable bonds is 5. The fourth-order valence-electron chi connectivity index (χ4n) is 1.61. The number of anilines is 1. The van der Waals surface area contributed by atoms with Crippen LogP contribution in [0.1, 0.15) is 12.0 Å². The fourth-order valence-corrected chi connectivity index (χ4v) is 2.72. The number of nitrogens with zero attached hydrogens (tertiary/aromatic N) is 1. The normalized spacial score (nSPS) is 12.1. The standard InChI is InChI=1S/C13H14BrN3OS/c14-11-8-16-13(19-11)17-12(18)10(15)7-6-9-4-2-1-3-5-9/h1-5,8,10H,6-7,15H2,(H,16,17,18). The molecule has 0 aliphatic heterocycles. The van der Waals surface area contributed by atoms with Gasteiger partial charge in [-0.05, 0) is 34.3 Å². The van der Waals surface area contributed by atoms with Gasteiger partial charge in [-0.25, -0.2) is 4.98 Å². The van der Waals surface area contributed by atoms with Crippen LogP contribution in [0.25, 0.3) is 0 Å². The van der Waals surface area contributed by atoms with Gasteiger partial charge in [-0.15, -0.1) is 0 Å². The molecule has 1 amide bonds. The minimum Gasteiger partial charge on any atom is -0.320 e. The first-order valence-electron chi connectivity index (χ1n) is 5.87. The summed E-state index contributed by atoms with van der Waals surface area (Å²) in [5.41, 5.74) is 7.06. The predicted octanol–water partition coefficient (Wildman–Crippen LogP) is 2.80. The zero-order valence-electron chi connectivity index (χ0n) is 10.2. The van der Waals surface area contributed by atoms with Crippen LogP contribution in [0.2, 0.25) is 0 Å². The Labute approximate surface area is 124 Å². The van der Waals surface area contributed by atoms with E-state index in [-0.39, 0.29) is 5.91 Å². The Morgan fingerprint density at radius 3 is 2.79 bits per heavy atom. The molecule has 2 rings (SSSR count). The summed E-state index contributed by atoms with van der Waals surface area (Å²) in [6, 6.07) is 9.46. The molecule has 1 heterocycles. The molecule has 1 aromatic heterocycles. The summed E-state index contributed by atoms with van der Waals surface area (Å²) in [6.07, 6.45) is 3.05. The van der Waals surface area contributed by atoms with Crippen LogP contribution in [-0.4, -0.2) is 16.9 Å². The van der Waals surface area contributed by atoms with Crippen LogP contribution in [0.15, 0.2) is 40.3 Å². The lowest BCUT2D eigenvalue weighted by Gasteiger charge is -2.10. The Hall–Kier alpha value is -1.24. The number of amides is 1. The molecule has 2 aromatic rings. The summed E-state index contributed by atoms with van der Waals surface area (Å²) < 4.78 is 0.876. The number of hydrogen-bond acceptors (Lipinski definition) is 4. The molecule has 0 aliphatic rings. The molecule has 0 radical (unpaired) electrons. The lowest BCUT2D eigenvalue weighted by molar-refractivity contribution is -0.117. The number of carbonyl (C=O) groups is 1. The van der Waals surface area contributed by atoms with Gasteiger partial charge in [0.1, 0.15) is 0 Å². The number of halogens is 1. The maximum atomic E-state index is 11.9. The van der Waals surface area contributed by atoms with Crippen molar-refractivity contribution in [2.24, 2.45) is 5.73 Å². The van der Waals surface area contributed by atoms with Crippen molar-refractivity contribution >= 4 is 38.3 Å². The van der Waals surface area contributed by atoms with Crippen LogP contribution in [0.3, 0.4) is 0 Å². The smallest absolute Gasteiger partial charge is 0.243 e. The minimum atomic E-state index is -0.525. The van der Waals surface area contributed by atoms with E-state index in [9.17, 15) is 4.79 Å². The number of aryl methyl sites for hydroxylation is 1. The molecule has 0 saturated heterocycles. The largest absolute Gasteiger partial charge is 0.320 e. The van der Waals surface area contributed by atoms with E-state index in [1.807, 2.05) is 30.3 Å². The number of aromatic nitrogens is 1. The third-order valence-corrected chi connectivity index (χ3v) is 4.02. The van der Waals surface area contributed by atoms with Gasteiger partial charge in [-0.2, -0.15) is 0 Å². The molecule has 6 heteroatoms. The number of carbonyl (C=O) groups excluding carboxylic acids is 1. The summed E-state index contributed by atoms with van der Waals surface area (Å²) >= 11 is 4.66. The fraction of sp³-hybridized carbons (Fsp3) is 0.231. The van der Waals surface area contributed by atoms with Gasteiger partial charge in [0, 0.05) is 0 Å². The Bertz CT molecular complexity index is 544. The number of nitrogens with one attached hydrogen (secondary N) is 1. The molecule has 19 heavy (non-hydrogen) atoms. The van der Waals surface area contributed by atoms with Crippen LogP contribution in [0.4, 0.5) is 5.13 Å². The van der Waals surface area contributed by atoms with Crippen LogP contribution in [-0.2, 0) is 11.2 Å². The second-order valence-corrected chi connectivity index (χ2v) is 6.50. The zero-order valence-corrected chi connectivity index (χ0v) is 12.6. The number of thiazole rings is 1. The monoisotopic (exact) mass is 339 g/mol. The summed E-state index contributed by atoms with van der Waals surface area (Å²) in [7, 11) is 0. The quantitative estimate of drug-likeness (QED) is 0.879. The number of benzene rings is 1. The molecule has 0 bridgehead atoms. The molecule has 0 saturated carbocycles. The zero-order chi connectivity index (χ0) is 13.7. The van der Waals surface area contributed by atoms with Gasteiger partial charge in [-0.3, -0.25) is 4.79 Å². The average molecular weight is 340 g/mol. The molecule has 100 valence electrons. The second kappa shape index (κ2) is 6.79. The van der Waals surface area contributed by atoms with E-state index < -0.39 is 6.04 Å². The van der Waals surface area contributed by atoms with Crippen LogP contribution in [0, 0.1) is 0 Å². The van der Waals surface area contributed by atoms with Crippen molar-refractivity contribution in [2.45, 2.75) is 18.9 Å². The highest BCUT2D eigenvalue weighted by Gasteiger charge is 2.14. The Kier molecular flexibility index (Phi) is 5.07. The molecule has 1 aromatic carbocycles. The van der Waals surface area contributed by atoms with E-state index in [4.69, 9.17) is 5.73 Å². The minimum absolute atomic E-state index is 0.196. The van der Waals surface area contributed by atoms with Crippen molar-refractivity contribution in [2.75, 3.05) is 5.32 Å². The molecular formula is C13H14BrN3OS. The maximum Gasteiger partial charge on any atom is 0.243 e. The summed E-state index contributed by atoms with van der Waals surface area (Å²) in [5.74, 6) is -0.196. The SMILES string of the molecule is NC(CCc1ccccc1)C(=O)Nc1ncc(Br)s1. The Balaban J connectivity index is 1.82. The number of nitrogens with two attached hydrogens (primary N) is 1. The Morgan fingerprint density at radius 1 is 1.42 bits per heavy atom. The molecule has 1 atom stereocenters. The predicted molar refractivity (Wildman–Crippen MR) is 81.2 cm³/mol. The van der Waals surface area contributed by atoms with Gasteiger partial charge in [0.15, 0.2) is 5.13 Å². The van der Waals surface area contributed by atoms with Crippen LogP contribution in [0.5, 0.6) is 0 Å². The highest BCUT2D eigenvalue weighted by molar-refractivity contribution is 9.11. The topological polar surface area (TPSA) is 68.0 Å². The number of hydrogen-bond donors (Lipinski definition) is 2. The van der Waals surface area contributed by atoms with Gasteiger partial charge in [0.25, 0.3) is 0 Å². The Morgan fingerprint density at radius 2 is 2.16 bits per heavy atom. The first kappa shape index (κ1) is 14.2. The molecule has 0 aliphatic carbocycles.